The van der Waals surface area contributed by atoms with Gasteiger partial charge in [0.05, 0.1) is 23.0 Å². The van der Waals surface area contributed by atoms with E-state index < -0.39 is 0 Å². The first-order valence-corrected chi connectivity index (χ1v) is 10.2. The average molecular weight is 399 g/mol. The number of carbonyl (C=O) groups excluding carboxylic acids is 1. The molecule has 1 amide bonds. The number of para-hydroxylation sites is 1. The fourth-order valence-corrected chi connectivity index (χ4v) is 3.50. The molecule has 0 aliphatic heterocycles. The third kappa shape index (κ3) is 3.94. The number of rotatable bonds is 6. The van der Waals surface area contributed by atoms with Crippen LogP contribution in [0, 0.1) is 0 Å². The number of carbonyl (C=O) groups is 1. The van der Waals surface area contributed by atoms with Crippen molar-refractivity contribution in [2.75, 3.05) is 0 Å². The second-order valence-corrected chi connectivity index (χ2v) is 7.54. The van der Waals surface area contributed by atoms with Gasteiger partial charge in [0.2, 0.25) is 0 Å². The van der Waals surface area contributed by atoms with E-state index in [1.54, 1.807) is 18.6 Å². The van der Waals surface area contributed by atoms with E-state index in [1.807, 2.05) is 79.0 Å². The van der Waals surface area contributed by atoms with Crippen LogP contribution in [0.5, 0.6) is 0 Å². The Balaban J connectivity index is 1.80. The van der Waals surface area contributed by atoms with Gasteiger partial charge in [0.15, 0.2) is 0 Å². The molecule has 0 N–H and O–H groups in total. The number of benzene rings is 1. The summed E-state index contributed by atoms with van der Waals surface area (Å²) in [7, 11) is 0. The second kappa shape index (κ2) is 8.45. The van der Waals surface area contributed by atoms with E-state index in [0.29, 0.717) is 12.1 Å². The quantitative estimate of drug-likeness (QED) is 0.477. The Morgan fingerprint density at radius 3 is 2.67 bits per heavy atom. The molecule has 6 nitrogen and oxygen atoms in total. The summed E-state index contributed by atoms with van der Waals surface area (Å²) >= 11 is 0. The first-order valence-electron chi connectivity index (χ1n) is 10.2. The van der Waals surface area contributed by atoms with Crippen LogP contribution in [0.4, 0.5) is 0 Å². The Labute approximate surface area is 176 Å². The van der Waals surface area contributed by atoms with Crippen molar-refractivity contribution in [3.8, 4) is 11.3 Å². The van der Waals surface area contributed by atoms with Crippen molar-refractivity contribution in [3.05, 3.63) is 78.4 Å². The molecule has 0 radical (unpaired) electrons. The van der Waals surface area contributed by atoms with Crippen LogP contribution in [-0.4, -0.2) is 36.6 Å². The molecule has 0 saturated carbocycles. The van der Waals surface area contributed by atoms with E-state index in [1.165, 1.54) is 0 Å². The molecule has 4 rings (SSSR count). The summed E-state index contributed by atoms with van der Waals surface area (Å²) in [6.07, 6.45) is 7.30. The van der Waals surface area contributed by atoms with E-state index in [4.69, 9.17) is 4.98 Å². The minimum absolute atomic E-state index is 0.0170. The lowest BCUT2D eigenvalue weighted by Gasteiger charge is -2.27. The fraction of sp³-hybridized carbons (Fsp3) is 0.250. The lowest BCUT2D eigenvalue weighted by molar-refractivity contribution is 0.0692. The van der Waals surface area contributed by atoms with Crippen LogP contribution < -0.4 is 0 Å². The molecule has 0 fully saturated rings. The number of hydrogen-bond acceptors (Lipinski definition) is 4. The van der Waals surface area contributed by atoms with Crippen LogP contribution in [0.25, 0.3) is 22.2 Å². The molecule has 0 aliphatic rings. The lowest BCUT2D eigenvalue weighted by Crippen LogP contribution is -2.36. The Kier molecular flexibility index (Phi) is 5.57. The molecule has 4 aromatic rings. The zero-order valence-electron chi connectivity index (χ0n) is 17.5. The van der Waals surface area contributed by atoms with Gasteiger partial charge in [-0.05, 0) is 44.5 Å². The Morgan fingerprint density at radius 2 is 1.97 bits per heavy atom. The minimum atomic E-state index is -0.0170. The third-order valence-electron chi connectivity index (χ3n) is 5.16. The molecular weight excluding hydrogens is 374 g/mol. The fourth-order valence-electron chi connectivity index (χ4n) is 3.50. The van der Waals surface area contributed by atoms with Gasteiger partial charge in [0, 0.05) is 48.7 Å². The first kappa shape index (κ1) is 19.8. The highest BCUT2D eigenvalue weighted by atomic mass is 16.2. The van der Waals surface area contributed by atoms with Crippen molar-refractivity contribution < 1.29 is 4.79 Å². The van der Waals surface area contributed by atoms with E-state index >= 15 is 0 Å². The first-order chi connectivity index (χ1) is 14.6. The normalized spacial score (nSPS) is 11.2. The molecule has 0 saturated heterocycles. The van der Waals surface area contributed by atoms with Crippen molar-refractivity contribution in [2.45, 2.75) is 39.9 Å². The SMILES string of the molecule is CCn1cc(-c2cc(C(=O)N(Cc3cccnc3)C(C)C)c3ccccc3n2)cn1. The van der Waals surface area contributed by atoms with Gasteiger partial charge in [-0.3, -0.25) is 14.5 Å². The zero-order valence-corrected chi connectivity index (χ0v) is 17.5. The highest BCUT2D eigenvalue weighted by Gasteiger charge is 2.22. The topological polar surface area (TPSA) is 63.9 Å². The largest absolute Gasteiger partial charge is 0.332 e. The van der Waals surface area contributed by atoms with Crippen molar-refractivity contribution in [1.82, 2.24) is 24.6 Å². The summed E-state index contributed by atoms with van der Waals surface area (Å²) in [5, 5.41) is 5.21. The number of aromatic nitrogens is 4. The van der Waals surface area contributed by atoms with Gasteiger partial charge in [0.25, 0.3) is 5.91 Å². The summed E-state index contributed by atoms with van der Waals surface area (Å²) < 4.78 is 1.86. The van der Waals surface area contributed by atoms with Crippen molar-refractivity contribution >= 4 is 16.8 Å². The minimum Gasteiger partial charge on any atom is -0.332 e. The lowest BCUT2D eigenvalue weighted by atomic mass is 10.0. The zero-order chi connectivity index (χ0) is 21.1. The van der Waals surface area contributed by atoms with Crippen LogP contribution >= 0.6 is 0 Å². The van der Waals surface area contributed by atoms with Gasteiger partial charge in [0.1, 0.15) is 0 Å². The summed E-state index contributed by atoms with van der Waals surface area (Å²) in [6.45, 7) is 7.39. The van der Waals surface area contributed by atoms with Gasteiger partial charge in [-0.15, -0.1) is 0 Å². The predicted octanol–water partition coefficient (Wildman–Crippen LogP) is 4.56. The van der Waals surface area contributed by atoms with E-state index in [-0.39, 0.29) is 11.9 Å². The Hall–Kier alpha value is -3.54. The smallest absolute Gasteiger partial charge is 0.255 e. The Morgan fingerprint density at radius 1 is 1.13 bits per heavy atom. The average Bonchev–Trinajstić information content (AvgIpc) is 3.26. The van der Waals surface area contributed by atoms with Crippen molar-refractivity contribution in [2.24, 2.45) is 0 Å². The molecule has 3 aromatic heterocycles. The number of amides is 1. The van der Waals surface area contributed by atoms with Gasteiger partial charge >= 0.3 is 0 Å². The molecule has 0 aliphatic carbocycles. The molecule has 3 heterocycles. The number of nitrogens with zero attached hydrogens (tertiary/aromatic N) is 5. The van der Waals surface area contributed by atoms with Gasteiger partial charge < -0.3 is 4.90 Å². The molecule has 0 spiro atoms. The molecule has 0 bridgehead atoms. The third-order valence-corrected chi connectivity index (χ3v) is 5.16. The van der Waals surface area contributed by atoms with Crippen LogP contribution in [0.2, 0.25) is 0 Å². The molecule has 0 unspecified atom stereocenters. The summed E-state index contributed by atoms with van der Waals surface area (Å²) in [6, 6.07) is 13.6. The van der Waals surface area contributed by atoms with Crippen molar-refractivity contribution in [3.63, 3.8) is 0 Å². The number of aryl methyl sites for hydroxylation is 1. The van der Waals surface area contributed by atoms with Crippen LogP contribution in [-0.2, 0) is 13.1 Å². The van der Waals surface area contributed by atoms with Gasteiger partial charge in [-0.2, -0.15) is 5.10 Å². The second-order valence-electron chi connectivity index (χ2n) is 7.54. The molecule has 30 heavy (non-hydrogen) atoms. The molecule has 152 valence electrons. The van der Waals surface area contributed by atoms with Crippen LogP contribution in [0.15, 0.2) is 67.3 Å². The van der Waals surface area contributed by atoms with Gasteiger partial charge in [-0.1, -0.05) is 24.3 Å². The molecule has 0 atom stereocenters. The summed E-state index contributed by atoms with van der Waals surface area (Å²) in [5.74, 6) is -0.0170. The Bertz CT molecular complexity index is 1170. The maximum absolute atomic E-state index is 13.7. The molecular formula is C24H25N5O. The number of hydrogen-bond donors (Lipinski definition) is 0. The summed E-state index contributed by atoms with van der Waals surface area (Å²) in [4.78, 5) is 24.6. The maximum Gasteiger partial charge on any atom is 0.255 e. The summed E-state index contributed by atoms with van der Waals surface area (Å²) in [5.41, 5.74) is 4.11. The molecule has 6 heteroatoms. The number of fused-ring (bicyclic) bond motifs is 1. The van der Waals surface area contributed by atoms with E-state index in [9.17, 15) is 4.79 Å². The van der Waals surface area contributed by atoms with Crippen LogP contribution in [0.1, 0.15) is 36.7 Å². The van der Waals surface area contributed by atoms with Gasteiger partial charge in [-0.25, -0.2) is 4.98 Å². The standard InChI is InChI=1S/C24H25N5O/c1-4-28-16-19(14-26-28)23-12-21(20-9-5-6-10-22(20)27-23)24(30)29(17(2)3)15-18-8-7-11-25-13-18/h5-14,16-17H,4,15H2,1-3H3. The van der Waals surface area contributed by atoms with Crippen LogP contribution in [0.3, 0.4) is 0 Å². The highest BCUT2D eigenvalue weighted by Crippen LogP contribution is 2.26. The van der Waals surface area contributed by atoms with E-state index in [0.717, 1.165) is 34.3 Å². The highest BCUT2D eigenvalue weighted by molar-refractivity contribution is 6.07. The van der Waals surface area contributed by atoms with E-state index in [2.05, 4.69) is 10.1 Å². The van der Waals surface area contributed by atoms with Crippen molar-refractivity contribution in [1.29, 1.82) is 0 Å². The maximum atomic E-state index is 13.7. The monoisotopic (exact) mass is 399 g/mol. The predicted molar refractivity (Wildman–Crippen MR) is 118 cm³/mol. The molecule has 1 aromatic carbocycles. The number of pyridine rings is 2.